The first kappa shape index (κ1) is 22.3. The molecule has 0 unspecified atom stereocenters. The zero-order valence-corrected chi connectivity index (χ0v) is 16.9. The van der Waals surface area contributed by atoms with Gasteiger partial charge in [0, 0.05) is 18.6 Å². The van der Waals surface area contributed by atoms with E-state index in [0.717, 1.165) is 12.3 Å². The minimum atomic E-state index is -4.68. The maximum Gasteiger partial charge on any atom is 0.416 e. The third kappa shape index (κ3) is 4.14. The van der Waals surface area contributed by atoms with E-state index in [0.29, 0.717) is 30.3 Å². The van der Waals surface area contributed by atoms with Crippen molar-refractivity contribution in [2.24, 2.45) is 0 Å². The van der Waals surface area contributed by atoms with E-state index in [1.54, 1.807) is 0 Å². The lowest BCUT2D eigenvalue weighted by atomic mass is 10.0. The number of halogens is 5. The van der Waals surface area contributed by atoms with Crippen molar-refractivity contribution in [3.8, 4) is 0 Å². The zero-order chi connectivity index (χ0) is 24.0. The van der Waals surface area contributed by atoms with Gasteiger partial charge in [-0.2, -0.15) is 13.2 Å². The van der Waals surface area contributed by atoms with E-state index in [4.69, 9.17) is 0 Å². The van der Waals surface area contributed by atoms with Gasteiger partial charge >= 0.3 is 6.18 Å². The number of anilines is 1. The van der Waals surface area contributed by atoms with Crippen LogP contribution in [0.25, 0.3) is 11.2 Å². The normalized spacial score (nSPS) is 12.2. The molecule has 2 aromatic carbocycles. The van der Waals surface area contributed by atoms with Gasteiger partial charge in [0.2, 0.25) is 5.78 Å². The predicted molar refractivity (Wildman–Crippen MR) is 106 cm³/mol. The summed E-state index contributed by atoms with van der Waals surface area (Å²) in [4.78, 5) is 22.7. The van der Waals surface area contributed by atoms with Gasteiger partial charge < -0.3 is 4.98 Å². The fourth-order valence-electron chi connectivity index (χ4n) is 3.02. The second-order valence-electron chi connectivity index (χ2n) is 6.70. The molecule has 0 aliphatic carbocycles. The smallest absolute Gasteiger partial charge is 0.344 e. The fraction of sp³-hybridized carbons (Fsp3) is 0.0500. The highest BCUT2D eigenvalue weighted by Crippen LogP contribution is 2.31. The Hall–Kier alpha value is -3.87. The minimum absolute atomic E-state index is 0.0528. The first-order valence-corrected chi connectivity index (χ1v) is 10.5. The Kier molecular flexibility index (Phi) is 5.36. The number of benzene rings is 2. The molecule has 170 valence electrons. The number of carbonyl (C=O) groups is 1. The van der Waals surface area contributed by atoms with Gasteiger partial charge in [0.25, 0.3) is 10.0 Å². The molecule has 4 aromatic rings. The van der Waals surface area contributed by atoms with Crippen LogP contribution in [0, 0.1) is 11.6 Å². The van der Waals surface area contributed by atoms with Crippen molar-refractivity contribution in [1.82, 2.24) is 15.0 Å². The van der Waals surface area contributed by atoms with E-state index in [1.165, 1.54) is 12.4 Å². The minimum Gasteiger partial charge on any atom is -0.344 e. The number of ketones is 1. The quantitative estimate of drug-likeness (QED) is 0.326. The average Bonchev–Trinajstić information content (AvgIpc) is 3.19. The second kappa shape index (κ2) is 7.92. The van der Waals surface area contributed by atoms with Gasteiger partial charge in [-0.3, -0.25) is 14.5 Å². The SMILES string of the molecule is O=C(c1c(F)ccc(NS(=O)(=O)c2ccc(C(F)(F)F)cc2)c1F)c1c[nH]c2nccnc12. The van der Waals surface area contributed by atoms with Crippen molar-refractivity contribution in [2.75, 3.05) is 4.72 Å². The molecule has 13 heteroatoms. The Bertz CT molecular complexity index is 1480. The van der Waals surface area contributed by atoms with Gasteiger partial charge in [-0.15, -0.1) is 0 Å². The van der Waals surface area contributed by atoms with Crippen LogP contribution in [-0.4, -0.2) is 29.2 Å². The Morgan fingerprint density at radius 1 is 0.970 bits per heavy atom. The number of rotatable bonds is 5. The van der Waals surface area contributed by atoms with Crippen LogP contribution in [-0.2, 0) is 16.2 Å². The molecule has 7 nitrogen and oxygen atoms in total. The number of aromatic amines is 1. The Balaban J connectivity index is 1.70. The Morgan fingerprint density at radius 3 is 2.30 bits per heavy atom. The van der Waals surface area contributed by atoms with Gasteiger partial charge in [0.1, 0.15) is 11.3 Å². The molecule has 0 aliphatic heterocycles. The van der Waals surface area contributed by atoms with E-state index in [1.807, 2.05) is 4.72 Å². The molecule has 0 saturated heterocycles. The standard InChI is InChI=1S/C20H11F5N4O3S/c21-13-5-6-14(29-33(31,32)11-3-1-10(2-4-11)20(23,24)25)16(22)15(13)18(30)12-9-28-19-17(12)26-7-8-27-19/h1-9,29H,(H,27,28). The van der Waals surface area contributed by atoms with Crippen molar-refractivity contribution >= 4 is 32.7 Å². The van der Waals surface area contributed by atoms with E-state index in [2.05, 4.69) is 15.0 Å². The van der Waals surface area contributed by atoms with Crippen molar-refractivity contribution in [1.29, 1.82) is 0 Å². The number of carbonyl (C=O) groups excluding carboxylic acids is 1. The summed E-state index contributed by atoms with van der Waals surface area (Å²) in [5, 5.41) is 0. The molecule has 2 aromatic heterocycles. The zero-order valence-electron chi connectivity index (χ0n) is 16.1. The highest BCUT2D eigenvalue weighted by Gasteiger charge is 2.31. The summed E-state index contributed by atoms with van der Waals surface area (Å²) in [6.45, 7) is 0. The van der Waals surface area contributed by atoms with Gasteiger partial charge in [0.15, 0.2) is 11.5 Å². The predicted octanol–water partition coefficient (Wildman–Crippen LogP) is 4.29. The maximum absolute atomic E-state index is 15.1. The van der Waals surface area contributed by atoms with E-state index < -0.39 is 55.3 Å². The highest BCUT2D eigenvalue weighted by atomic mass is 32.2. The van der Waals surface area contributed by atoms with Crippen LogP contribution in [0.1, 0.15) is 21.5 Å². The molecule has 2 heterocycles. The van der Waals surface area contributed by atoms with Crippen LogP contribution in [0.3, 0.4) is 0 Å². The summed E-state index contributed by atoms with van der Waals surface area (Å²) in [7, 11) is -4.56. The van der Waals surface area contributed by atoms with Gasteiger partial charge in [-0.1, -0.05) is 0 Å². The number of sulfonamides is 1. The summed E-state index contributed by atoms with van der Waals surface area (Å²) in [5.41, 5.74) is -2.85. The molecule has 0 amide bonds. The molecule has 0 fully saturated rings. The number of hydrogen-bond acceptors (Lipinski definition) is 5. The molecule has 0 aliphatic rings. The van der Waals surface area contributed by atoms with Crippen LogP contribution in [0.4, 0.5) is 27.6 Å². The molecule has 33 heavy (non-hydrogen) atoms. The highest BCUT2D eigenvalue weighted by molar-refractivity contribution is 7.92. The molecule has 0 bridgehead atoms. The Morgan fingerprint density at radius 2 is 1.64 bits per heavy atom. The van der Waals surface area contributed by atoms with E-state index in [-0.39, 0.29) is 16.7 Å². The fourth-order valence-corrected chi connectivity index (χ4v) is 4.08. The third-order valence-corrected chi connectivity index (χ3v) is 5.99. The number of nitrogens with one attached hydrogen (secondary N) is 2. The van der Waals surface area contributed by atoms with Crippen LogP contribution in [0.15, 0.2) is 59.9 Å². The lowest BCUT2D eigenvalue weighted by molar-refractivity contribution is -0.137. The number of nitrogens with zero attached hydrogens (tertiary/aromatic N) is 2. The first-order chi connectivity index (χ1) is 15.5. The summed E-state index contributed by atoms with van der Waals surface area (Å²) in [5.74, 6) is -3.88. The number of aromatic nitrogens is 3. The summed E-state index contributed by atoms with van der Waals surface area (Å²) in [6, 6.07) is 3.89. The summed E-state index contributed by atoms with van der Waals surface area (Å²) in [6.07, 6.45) is -0.912. The van der Waals surface area contributed by atoms with Crippen molar-refractivity contribution in [3.05, 3.63) is 83.3 Å². The number of fused-ring (bicyclic) bond motifs is 1. The lowest BCUT2D eigenvalue weighted by Gasteiger charge is -2.12. The number of alkyl halides is 3. The van der Waals surface area contributed by atoms with Crippen molar-refractivity contribution < 1.29 is 35.2 Å². The van der Waals surface area contributed by atoms with Crippen LogP contribution in [0.5, 0.6) is 0 Å². The lowest BCUT2D eigenvalue weighted by Crippen LogP contribution is -2.17. The van der Waals surface area contributed by atoms with Crippen LogP contribution < -0.4 is 4.72 Å². The monoisotopic (exact) mass is 482 g/mol. The van der Waals surface area contributed by atoms with Crippen LogP contribution >= 0.6 is 0 Å². The number of hydrogen-bond donors (Lipinski definition) is 2. The number of H-pyrrole nitrogens is 1. The molecule has 2 N–H and O–H groups in total. The molecule has 4 rings (SSSR count). The third-order valence-electron chi connectivity index (χ3n) is 4.61. The van der Waals surface area contributed by atoms with Gasteiger partial charge in [-0.05, 0) is 36.4 Å². The summed E-state index contributed by atoms with van der Waals surface area (Å²) < 4.78 is 94.4. The van der Waals surface area contributed by atoms with Gasteiger partial charge in [0.05, 0.1) is 27.3 Å². The van der Waals surface area contributed by atoms with Gasteiger partial charge in [-0.25, -0.2) is 22.2 Å². The maximum atomic E-state index is 15.1. The van der Waals surface area contributed by atoms with E-state index in [9.17, 15) is 30.8 Å². The van der Waals surface area contributed by atoms with Crippen molar-refractivity contribution in [2.45, 2.75) is 11.1 Å². The second-order valence-corrected chi connectivity index (χ2v) is 8.38. The molecule has 0 atom stereocenters. The summed E-state index contributed by atoms with van der Waals surface area (Å²) >= 11 is 0. The molecule has 0 radical (unpaired) electrons. The molecular formula is C20H11F5N4O3S. The largest absolute Gasteiger partial charge is 0.416 e. The Labute approximate surface area is 182 Å². The molecule has 0 spiro atoms. The molecule has 0 saturated carbocycles. The van der Waals surface area contributed by atoms with Crippen molar-refractivity contribution in [3.63, 3.8) is 0 Å². The topological polar surface area (TPSA) is 105 Å². The average molecular weight is 482 g/mol. The first-order valence-electron chi connectivity index (χ1n) is 9.00. The van der Waals surface area contributed by atoms with Crippen LogP contribution in [0.2, 0.25) is 0 Å². The molecular weight excluding hydrogens is 471 g/mol. The van der Waals surface area contributed by atoms with E-state index >= 15 is 4.39 Å².